The number of nitrogen functional groups attached to an aromatic ring is 2. The van der Waals surface area contributed by atoms with Gasteiger partial charge in [-0.1, -0.05) is 0 Å². The molecule has 3 fully saturated rings. The largest absolute Gasteiger partial charge is 0.496 e. The van der Waals surface area contributed by atoms with E-state index in [9.17, 15) is 5.11 Å². The number of aliphatic hydroxyl groups is 1. The van der Waals surface area contributed by atoms with Crippen molar-refractivity contribution in [3.63, 3.8) is 0 Å². The van der Waals surface area contributed by atoms with Crippen molar-refractivity contribution >= 4 is 40.1 Å². The van der Waals surface area contributed by atoms with Crippen LogP contribution in [0.1, 0.15) is 33.1 Å². The van der Waals surface area contributed by atoms with Gasteiger partial charge in [0, 0.05) is 34.7 Å². The van der Waals surface area contributed by atoms with Crippen LogP contribution in [-0.4, -0.2) is 65.4 Å². The lowest BCUT2D eigenvalue weighted by Gasteiger charge is -2.21. The molecule has 188 valence electrons. The second-order valence-electron chi connectivity index (χ2n) is 9.63. The Morgan fingerprint density at radius 2 is 1.89 bits per heavy atom. The zero-order valence-corrected chi connectivity index (χ0v) is 21.4. The molecular weight excluding hydrogens is 519 g/mol. The summed E-state index contributed by atoms with van der Waals surface area (Å²) < 4.78 is 30.8. The maximum Gasteiger partial charge on any atom is 0.496 e. The Kier molecular flexibility index (Phi) is 6.60. The maximum absolute atomic E-state index is 9.86. The Hall–Kier alpha value is -2.12. The zero-order chi connectivity index (χ0) is 24.8. The van der Waals surface area contributed by atoms with Crippen molar-refractivity contribution in [3.05, 3.63) is 29.0 Å². The summed E-state index contributed by atoms with van der Waals surface area (Å²) in [5.74, 6) is 1.72. The number of rotatable bonds is 9. The number of nitrogens with two attached hydrogens (primary N) is 2. The second-order valence-corrected chi connectivity index (χ2v) is 10.5. The van der Waals surface area contributed by atoms with Crippen molar-refractivity contribution < 1.29 is 28.6 Å². The highest BCUT2D eigenvalue weighted by Crippen LogP contribution is 2.65. The van der Waals surface area contributed by atoms with Gasteiger partial charge in [-0.05, 0) is 54.8 Å². The SMILES string of the molecule is CC12OB(c3cnc(N)c(OC4CCOC4)c3)OC1(C)C2CCC(CO)Oc1cc(Br)cnc1N. The highest BCUT2D eigenvalue weighted by molar-refractivity contribution is 9.10. The Bertz CT molecular complexity index is 1070. The van der Waals surface area contributed by atoms with E-state index in [0.717, 1.165) is 22.8 Å². The van der Waals surface area contributed by atoms with E-state index < -0.39 is 24.4 Å². The average Bonchev–Trinajstić information content (AvgIpc) is 3.22. The smallest absolute Gasteiger partial charge is 0.484 e. The molecule has 5 rings (SSSR count). The molecule has 12 heteroatoms. The van der Waals surface area contributed by atoms with E-state index in [2.05, 4.69) is 39.7 Å². The normalized spacial score (nSPS) is 30.2. The van der Waals surface area contributed by atoms with Gasteiger partial charge >= 0.3 is 7.12 Å². The van der Waals surface area contributed by atoms with Gasteiger partial charge in [-0.2, -0.15) is 0 Å². The molecule has 1 aliphatic carbocycles. The highest BCUT2D eigenvalue weighted by atomic mass is 79.9. The number of fused-ring (bicyclic) bond motifs is 1. The van der Waals surface area contributed by atoms with Gasteiger partial charge in [0.25, 0.3) is 0 Å². The Morgan fingerprint density at radius 3 is 2.57 bits per heavy atom. The third-order valence-corrected chi connectivity index (χ3v) is 7.85. The molecule has 4 atom stereocenters. The highest BCUT2D eigenvalue weighted by Gasteiger charge is 2.78. The Labute approximate surface area is 212 Å². The summed E-state index contributed by atoms with van der Waals surface area (Å²) in [6.45, 7) is 5.20. The quantitative estimate of drug-likeness (QED) is 0.396. The van der Waals surface area contributed by atoms with Crippen LogP contribution in [0.15, 0.2) is 29.0 Å². The number of anilines is 2. The van der Waals surface area contributed by atoms with Gasteiger partial charge in [-0.15, -0.1) is 0 Å². The molecule has 2 saturated heterocycles. The minimum Gasteiger partial charge on any atom is -0.484 e. The number of aromatic nitrogens is 2. The van der Waals surface area contributed by atoms with E-state index >= 15 is 0 Å². The molecule has 10 nitrogen and oxygen atoms in total. The lowest BCUT2D eigenvalue weighted by atomic mass is 9.79. The molecule has 1 saturated carbocycles. The Morgan fingerprint density at radius 1 is 1.17 bits per heavy atom. The third-order valence-electron chi connectivity index (χ3n) is 7.42. The van der Waals surface area contributed by atoms with Crippen molar-refractivity contribution in [2.75, 3.05) is 31.3 Å². The molecule has 0 radical (unpaired) electrons. The molecule has 35 heavy (non-hydrogen) atoms. The van der Waals surface area contributed by atoms with E-state index in [1.54, 1.807) is 18.5 Å². The van der Waals surface area contributed by atoms with Crippen LogP contribution in [-0.2, 0) is 14.0 Å². The first-order valence-corrected chi connectivity index (χ1v) is 12.6. The average molecular weight is 549 g/mol. The number of pyridine rings is 2. The second kappa shape index (κ2) is 9.40. The first-order chi connectivity index (χ1) is 16.7. The fraction of sp³-hybridized carbons (Fsp3) is 0.565. The van der Waals surface area contributed by atoms with Crippen molar-refractivity contribution in [1.82, 2.24) is 9.97 Å². The first-order valence-electron chi connectivity index (χ1n) is 11.8. The standard InChI is InChI=1S/C23H30BBrN4O6/c1-22-19(4-3-15(11-30)32-18-8-14(25)10-29-21(18)27)23(22,2)35-24(34-22)13-7-17(20(26)28-9-13)33-16-5-6-31-12-16/h7-10,15-16,19,30H,3-6,11-12H2,1-2H3,(H2,26,28)(H2,27,29). The molecule has 4 heterocycles. The molecule has 4 unspecified atom stereocenters. The van der Waals surface area contributed by atoms with Crippen LogP contribution in [0.2, 0.25) is 0 Å². The van der Waals surface area contributed by atoms with Gasteiger partial charge in [-0.25, -0.2) is 9.97 Å². The number of halogens is 1. The van der Waals surface area contributed by atoms with E-state index in [0.29, 0.717) is 37.0 Å². The summed E-state index contributed by atoms with van der Waals surface area (Å²) in [5.41, 5.74) is 11.8. The number of aliphatic hydroxyl groups excluding tert-OH is 1. The Balaban J connectivity index is 1.20. The van der Waals surface area contributed by atoms with Crippen LogP contribution >= 0.6 is 15.9 Å². The molecule has 0 aromatic carbocycles. The molecule has 2 aromatic rings. The molecule has 0 bridgehead atoms. The van der Waals surface area contributed by atoms with Crippen LogP contribution < -0.4 is 26.4 Å². The molecule has 2 aromatic heterocycles. The minimum atomic E-state index is -0.561. The monoisotopic (exact) mass is 548 g/mol. The maximum atomic E-state index is 9.86. The lowest BCUT2D eigenvalue weighted by molar-refractivity contribution is 0.0978. The third kappa shape index (κ3) is 4.58. The van der Waals surface area contributed by atoms with Crippen LogP contribution in [0.3, 0.4) is 0 Å². The van der Waals surface area contributed by atoms with Crippen LogP contribution in [0.25, 0.3) is 0 Å². The number of hydrogen-bond acceptors (Lipinski definition) is 10. The summed E-state index contributed by atoms with van der Waals surface area (Å²) in [7, 11) is -0.561. The van der Waals surface area contributed by atoms with E-state index in [4.69, 9.17) is 35.0 Å². The predicted molar refractivity (Wildman–Crippen MR) is 133 cm³/mol. The summed E-state index contributed by atoms with van der Waals surface area (Å²) >= 11 is 3.36. The van der Waals surface area contributed by atoms with Gasteiger partial charge in [0.1, 0.15) is 12.2 Å². The number of nitrogens with zero attached hydrogens (tertiary/aromatic N) is 2. The molecule has 0 spiro atoms. The van der Waals surface area contributed by atoms with Crippen molar-refractivity contribution in [3.8, 4) is 11.5 Å². The topological polar surface area (TPSA) is 144 Å². The first kappa shape index (κ1) is 24.6. The van der Waals surface area contributed by atoms with E-state index in [-0.39, 0.29) is 24.4 Å². The van der Waals surface area contributed by atoms with E-state index in [1.165, 1.54) is 0 Å². The van der Waals surface area contributed by atoms with Gasteiger partial charge in [-0.3, -0.25) is 0 Å². The van der Waals surface area contributed by atoms with Crippen LogP contribution in [0.4, 0.5) is 11.6 Å². The summed E-state index contributed by atoms with van der Waals surface area (Å²) in [4.78, 5) is 8.36. The van der Waals surface area contributed by atoms with Gasteiger partial charge in [0.2, 0.25) is 0 Å². The summed E-state index contributed by atoms with van der Waals surface area (Å²) in [5, 5.41) is 9.86. The molecule has 5 N–H and O–H groups in total. The minimum absolute atomic E-state index is 0.0302. The number of hydrogen-bond donors (Lipinski definition) is 3. The van der Waals surface area contributed by atoms with Crippen molar-refractivity contribution in [2.24, 2.45) is 5.92 Å². The summed E-state index contributed by atoms with van der Waals surface area (Å²) in [6, 6.07) is 3.58. The fourth-order valence-electron chi connectivity index (χ4n) is 5.11. The predicted octanol–water partition coefficient (Wildman–Crippen LogP) is 1.68. The zero-order valence-electron chi connectivity index (χ0n) is 19.8. The van der Waals surface area contributed by atoms with Gasteiger partial charge < -0.3 is 40.1 Å². The fourth-order valence-corrected chi connectivity index (χ4v) is 5.42. The van der Waals surface area contributed by atoms with Gasteiger partial charge in [0.15, 0.2) is 23.1 Å². The molecular formula is C23H30BBrN4O6. The molecule has 3 aliphatic rings. The van der Waals surface area contributed by atoms with Crippen LogP contribution in [0, 0.1) is 5.92 Å². The molecule has 2 aliphatic heterocycles. The van der Waals surface area contributed by atoms with Crippen LogP contribution in [0.5, 0.6) is 11.5 Å². The van der Waals surface area contributed by atoms with Crippen molar-refractivity contribution in [2.45, 2.75) is 56.5 Å². The number of ether oxygens (including phenoxy) is 3. The van der Waals surface area contributed by atoms with Gasteiger partial charge in [0.05, 0.1) is 31.0 Å². The van der Waals surface area contributed by atoms with Crippen molar-refractivity contribution in [1.29, 1.82) is 0 Å². The summed E-state index contributed by atoms with van der Waals surface area (Å²) in [6.07, 6.45) is 5.00. The lowest BCUT2D eigenvalue weighted by Crippen LogP contribution is -2.38. The van der Waals surface area contributed by atoms with E-state index in [1.807, 2.05) is 6.07 Å². The molecule has 0 amide bonds.